The summed E-state index contributed by atoms with van der Waals surface area (Å²) in [5.41, 5.74) is 1.16. The molecule has 2 fully saturated rings. The van der Waals surface area contributed by atoms with Gasteiger partial charge in [-0.15, -0.1) is 10.2 Å². The van der Waals surface area contributed by atoms with Crippen LogP contribution in [-0.2, 0) is 16.1 Å². The normalized spacial score (nSPS) is 24.7. The minimum absolute atomic E-state index is 0.0642. The number of hydrogen-bond acceptors (Lipinski definition) is 4. The maximum Gasteiger partial charge on any atom is 0.224 e. The number of carbonyl (C=O) groups excluding carboxylic acids is 2. The lowest BCUT2D eigenvalue weighted by Gasteiger charge is -2.29. The highest BCUT2D eigenvalue weighted by molar-refractivity contribution is 5.77. The number of likely N-dealkylation sites (tertiary alicyclic amines) is 2. The molecule has 2 aromatic rings. The van der Waals surface area contributed by atoms with Crippen molar-refractivity contribution >= 4 is 11.8 Å². The van der Waals surface area contributed by atoms with Crippen molar-refractivity contribution < 1.29 is 9.59 Å². The van der Waals surface area contributed by atoms with Gasteiger partial charge < -0.3 is 14.4 Å². The molecule has 7 heteroatoms. The molecule has 2 aliphatic heterocycles. The van der Waals surface area contributed by atoms with E-state index in [9.17, 15) is 9.59 Å². The first-order valence-electron chi connectivity index (χ1n) is 9.06. The van der Waals surface area contributed by atoms with Crippen molar-refractivity contribution in [3.63, 3.8) is 0 Å². The number of carbonyl (C=O) groups is 2. The third kappa shape index (κ3) is 3.09. The summed E-state index contributed by atoms with van der Waals surface area (Å²) < 4.78 is 1.82. The molecular weight excluding hydrogens is 330 g/mol. The van der Waals surface area contributed by atoms with E-state index in [0.29, 0.717) is 24.8 Å². The monoisotopic (exact) mass is 353 g/mol. The summed E-state index contributed by atoms with van der Waals surface area (Å²) in [6.45, 7) is 4.42. The van der Waals surface area contributed by atoms with Crippen LogP contribution in [0.1, 0.15) is 24.9 Å². The molecule has 3 heterocycles. The van der Waals surface area contributed by atoms with Crippen molar-refractivity contribution in [1.29, 1.82) is 0 Å². The van der Waals surface area contributed by atoms with Gasteiger partial charge >= 0.3 is 0 Å². The lowest BCUT2D eigenvalue weighted by molar-refractivity contribution is -0.132. The van der Waals surface area contributed by atoms with Crippen LogP contribution in [0.5, 0.6) is 0 Å². The molecule has 0 spiro atoms. The predicted octanol–water partition coefficient (Wildman–Crippen LogP) is 1.35. The molecule has 0 radical (unpaired) electrons. The number of nitrogens with zero attached hydrogens (tertiary/aromatic N) is 5. The molecular formula is C19H23N5O2. The highest BCUT2D eigenvalue weighted by Crippen LogP contribution is 2.45. The lowest BCUT2D eigenvalue weighted by Crippen LogP contribution is -2.36. The van der Waals surface area contributed by atoms with Crippen LogP contribution < -0.4 is 0 Å². The van der Waals surface area contributed by atoms with Crippen molar-refractivity contribution in [3.05, 3.63) is 48.5 Å². The van der Waals surface area contributed by atoms with Gasteiger partial charge in [-0.2, -0.15) is 0 Å². The second-order valence-corrected chi connectivity index (χ2v) is 7.20. The molecule has 136 valence electrons. The van der Waals surface area contributed by atoms with E-state index in [2.05, 4.69) is 22.3 Å². The van der Waals surface area contributed by atoms with Crippen LogP contribution in [0.2, 0.25) is 0 Å². The summed E-state index contributed by atoms with van der Waals surface area (Å²) >= 11 is 0. The molecule has 0 saturated carbocycles. The van der Waals surface area contributed by atoms with E-state index in [4.69, 9.17) is 0 Å². The summed E-state index contributed by atoms with van der Waals surface area (Å²) in [6, 6.07) is 10.2. The molecule has 1 aromatic carbocycles. The van der Waals surface area contributed by atoms with Crippen molar-refractivity contribution in [2.75, 3.05) is 19.6 Å². The molecule has 0 aliphatic carbocycles. The zero-order valence-corrected chi connectivity index (χ0v) is 14.9. The molecule has 1 aromatic heterocycles. The van der Waals surface area contributed by atoms with Crippen LogP contribution in [-0.4, -0.2) is 56.0 Å². The zero-order valence-electron chi connectivity index (χ0n) is 14.9. The van der Waals surface area contributed by atoms with Crippen LogP contribution in [0.25, 0.3) is 0 Å². The van der Waals surface area contributed by atoms with Gasteiger partial charge in [0.1, 0.15) is 12.7 Å². The smallest absolute Gasteiger partial charge is 0.224 e. The van der Waals surface area contributed by atoms with E-state index in [1.54, 1.807) is 19.6 Å². The Morgan fingerprint density at radius 1 is 1.08 bits per heavy atom. The molecule has 0 N–H and O–H groups in total. The molecule has 7 nitrogen and oxygen atoms in total. The Morgan fingerprint density at radius 3 is 2.50 bits per heavy atom. The van der Waals surface area contributed by atoms with Gasteiger partial charge in [0.25, 0.3) is 0 Å². The second-order valence-electron chi connectivity index (χ2n) is 7.20. The summed E-state index contributed by atoms with van der Waals surface area (Å²) in [5.74, 6) is 0.927. The first-order valence-corrected chi connectivity index (χ1v) is 9.06. The van der Waals surface area contributed by atoms with Crippen molar-refractivity contribution in [3.8, 4) is 0 Å². The minimum atomic E-state index is 0.0642. The average molecular weight is 353 g/mol. The summed E-state index contributed by atoms with van der Waals surface area (Å²) in [5, 5.41) is 7.53. The molecule has 0 bridgehead atoms. The topological polar surface area (TPSA) is 71.3 Å². The largest absolute Gasteiger partial charge is 0.342 e. The number of hydrogen-bond donors (Lipinski definition) is 0. The van der Waals surface area contributed by atoms with E-state index >= 15 is 0 Å². The minimum Gasteiger partial charge on any atom is -0.342 e. The highest BCUT2D eigenvalue weighted by atomic mass is 16.2. The van der Waals surface area contributed by atoms with Crippen LogP contribution in [0, 0.1) is 11.8 Å². The first kappa shape index (κ1) is 16.8. The molecule has 26 heavy (non-hydrogen) atoms. The number of aryl methyl sites for hydroxylation is 1. The highest BCUT2D eigenvalue weighted by Gasteiger charge is 2.49. The molecule has 4 rings (SSSR count). The summed E-state index contributed by atoms with van der Waals surface area (Å²) in [6.07, 6.45) is 3.70. The maximum atomic E-state index is 12.6. The molecule has 2 amide bonds. The third-order valence-electron chi connectivity index (χ3n) is 5.61. The molecule has 2 aliphatic rings. The van der Waals surface area contributed by atoms with E-state index in [-0.39, 0.29) is 17.9 Å². The SMILES string of the molecule is CC(=O)N1C[C@H]2CN(C(=O)CCn3cnnc3)C[C@H]2[C@H]1c1ccccc1. The van der Waals surface area contributed by atoms with E-state index in [1.807, 2.05) is 32.6 Å². The van der Waals surface area contributed by atoms with Gasteiger partial charge in [0.2, 0.25) is 11.8 Å². The number of rotatable bonds is 4. The van der Waals surface area contributed by atoms with E-state index in [0.717, 1.165) is 25.2 Å². The Balaban J connectivity index is 1.46. The number of benzene rings is 1. The number of fused-ring (bicyclic) bond motifs is 1. The van der Waals surface area contributed by atoms with Crippen molar-refractivity contribution in [2.45, 2.75) is 25.9 Å². The first-order chi connectivity index (χ1) is 12.6. The maximum absolute atomic E-state index is 12.6. The van der Waals surface area contributed by atoms with E-state index < -0.39 is 0 Å². The number of aromatic nitrogens is 3. The van der Waals surface area contributed by atoms with Gasteiger partial charge in [-0.25, -0.2) is 0 Å². The molecule has 2 saturated heterocycles. The molecule has 0 unspecified atom stereocenters. The van der Waals surface area contributed by atoms with Gasteiger partial charge in [0, 0.05) is 51.4 Å². The van der Waals surface area contributed by atoms with Gasteiger partial charge in [-0.3, -0.25) is 9.59 Å². The Hall–Kier alpha value is -2.70. The third-order valence-corrected chi connectivity index (χ3v) is 5.61. The quantitative estimate of drug-likeness (QED) is 0.832. The zero-order chi connectivity index (χ0) is 18.1. The predicted molar refractivity (Wildman–Crippen MR) is 94.8 cm³/mol. The van der Waals surface area contributed by atoms with Crippen LogP contribution in [0.15, 0.2) is 43.0 Å². The Morgan fingerprint density at radius 2 is 1.81 bits per heavy atom. The fraction of sp³-hybridized carbons (Fsp3) is 0.474. The summed E-state index contributed by atoms with van der Waals surface area (Å²) in [4.78, 5) is 28.7. The second kappa shape index (κ2) is 6.90. The van der Waals surface area contributed by atoms with Gasteiger partial charge in [0.05, 0.1) is 6.04 Å². The Labute approximate surface area is 152 Å². The standard InChI is InChI=1S/C19H23N5O2/c1-14(25)24-10-16-9-23(18(26)7-8-22-12-20-21-13-22)11-17(16)19(24)15-5-3-2-4-6-15/h2-6,12-13,16-17,19H,7-11H2,1H3/t16-,17-,19-/m1/s1. The fourth-order valence-electron chi connectivity index (χ4n) is 4.37. The van der Waals surface area contributed by atoms with Gasteiger partial charge in [-0.05, 0) is 5.56 Å². The van der Waals surface area contributed by atoms with Crippen LogP contribution in [0.3, 0.4) is 0 Å². The van der Waals surface area contributed by atoms with Crippen LogP contribution in [0.4, 0.5) is 0 Å². The fourth-order valence-corrected chi connectivity index (χ4v) is 4.37. The molecule has 3 atom stereocenters. The van der Waals surface area contributed by atoms with Gasteiger partial charge in [-0.1, -0.05) is 30.3 Å². The van der Waals surface area contributed by atoms with E-state index in [1.165, 1.54) is 0 Å². The Bertz CT molecular complexity index is 776. The lowest BCUT2D eigenvalue weighted by atomic mass is 9.89. The van der Waals surface area contributed by atoms with Crippen molar-refractivity contribution in [1.82, 2.24) is 24.6 Å². The average Bonchev–Trinajstić information content (AvgIpc) is 3.35. The summed E-state index contributed by atoms with van der Waals surface area (Å²) in [7, 11) is 0. The number of amides is 2. The van der Waals surface area contributed by atoms with Crippen molar-refractivity contribution in [2.24, 2.45) is 11.8 Å². The Kier molecular flexibility index (Phi) is 4.44. The van der Waals surface area contributed by atoms with Gasteiger partial charge in [0.15, 0.2) is 0 Å². The van der Waals surface area contributed by atoms with Crippen LogP contribution >= 0.6 is 0 Å².